The van der Waals surface area contributed by atoms with Gasteiger partial charge in [0.15, 0.2) is 28.8 Å². The standard InChI is InChI=1S/C51H42Cl2N4O8/c1-64-40-20-14-28(21-37(40)59)42-45(51(56-46(42)26-9-5-3-6-10-26)33-24-31(53)16-18-35(33)55-49(51)63)39(61)25-38(60)43-44(29-13-19-36(58)41(22-29)65-2)50(57-47(43)27-11-7-4-8-12-27)32-23-30(52)15-17-34(32)54-48(50)62/h3-25,42-47,56-59,61H,1-2H3,(H,54,62)(H,55,63). The third kappa shape index (κ3) is 6.54. The highest BCUT2D eigenvalue weighted by atomic mass is 35.5. The van der Waals surface area contributed by atoms with Gasteiger partial charge >= 0.3 is 0 Å². The van der Waals surface area contributed by atoms with Crippen LogP contribution >= 0.6 is 23.2 Å². The molecule has 6 aromatic rings. The van der Waals surface area contributed by atoms with E-state index in [1.54, 1.807) is 66.7 Å². The molecule has 12 nitrogen and oxygen atoms in total. The van der Waals surface area contributed by atoms with Crippen molar-refractivity contribution in [1.82, 2.24) is 10.6 Å². The topological polar surface area (TPSA) is 178 Å². The average molecular weight is 910 g/mol. The SMILES string of the molecule is COc1ccc(C2C(c3ccccc3)NC3(C(=O)Nc4ccc(Cl)cc43)C2C(O)=CC(=O)C2C(c3ccccc3)NC3(C(=O)Nc4ccc(Cl)cc43)C2c2ccc(O)c(OC)c2)cc1O. The van der Waals surface area contributed by atoms with Crippen LogP contribution in [0.15, 0.2) is 145 Å². The third-order valence-corrected chi connectivity index (χ3v) is 14.0. The summed E-state index contributed by atoms with van der Waals surface area (Å²) < 4.78 is 11.0. The smallest absolute Gasteiger partial charge is 0.250 e. The molecule has 8 unspecified atom stereocenters. The number of phenolic OH excluding ortho intramolecular Hbond substituents is 2. The minimum absolute atomic E-state index is 0.121. The molecule has 2 spiro atoms. The van der Waals surface area contributed by atoms with Gasteiger partial charge in [0.1, 0.15) is 16.8 Å². The van der Waals surface area contributed by atoms with E-state index in [4.69, 9.17) is 32.7 Å². The van der Waals surface area contributed by atoms with Gasteiger partial charge in [0.25, 0.3) is 0 Å². The summed E-state index contributed by atoms with van der Waals surface area (Å²) in [5.41, 5.74) is 1.10. The van der Waals surface area contributed by atoms with Crippen LogP contribution in [0.5, 0.6) is 23.0 Å². The molecule has 0 aliphatic carbocycles. The first-order valence-corrected chi connectivity index (χ1v) is 21.7. The van der Waals surface area contributed by atoms with Gasteiger partial charge in [-0.15, -0.1) is 0 Å². The summed E-state index contributed by atoms with van der Waals surface area (Å²) in [6.07, 6.45) is 1.17. The summed E-state index contributed by atoms with van der Waals surface area (Å²) in [6, 6.07) is 36.9. The second-order valence-electron chi connectivity index (χ2n) is 16.8. The van der Waals surface area contributed by atoms with Crippen LogP contribution in [0, 0.1) is 11.8 Å². The Morgan fingerprint density at radius 3 is 1.77 bits per heavy atom. The Hall–Kier alpha value is -6.83. The predicted molar refractivity (Wildman–Crippen MR) is 246 cm³/mol. The number of phenols is 2. The fraction of sp³-hybridized carbons (Fsp3) is 0.196. The Morgan fingerprint density at radius 1 is 0.615 bits per heavy atom. The molecular formula is C51H42Cl2N4O8. The summed E-state index contributed by atoms with van der Waals surface area (Å²) in [6.45, 7) is 0. The number of methoxy groups -OCH3 is 2. The first-order valence-electron chi connectivity index (χ1n) is 21.0. The van der Waals surface area contributed by atoms with E-state index in [1.807, 2.05) is 60.7 Å². The largest absolute Gasteiger partial charge is 0.512 e. The van der Waals surface area contributed by atoms with E-state index >= 15 is 4.79 Å². The molecule has 2 saturated heterocycles. The number of halogens is 2. The van der Waals surface area contributed by atoms with Crippen molar-refractivity contribution in [3.05, 3.63) is 189 Å². The lowest BCUT2D eigenvalue weighted by Crippen LogP contribution is -2.49. The van der Waals surface area contributed by atoms with Crippen LogP contribution in [0.25, 0.3) is 0 Å². The molecule has 0 radical (unpaired) electrons. The molecule has 0 bridgehead atoms. The monoisotopic (exact) mass is 908 g/mol. The van der Waals surface area contributed by atoms with Crippen LogP contribution in [0.3, 0.4) is 0 Å². The van der Waals surface area contributed by atoms with Crippen LogP contribution in [-0.2, 0) is 25.5 Å². The second-order valence-corrected chi connectivity index (χ2v) is 17.7. The minimum atomic E-state index is -1.71. The zero-order valence-corrected chi connectivity index (χ0v) is 36.4. The highest BCUT2D eigenvalue weighted by Gasteiger charge is 2.66. The van der Waals surface area contributed by atoms with Crippen LogP contribution in [0.2, 0.25) is 10.0 Å². The predicted octanol–water partition coefficient (Wildman–Crippen LogP) is 8.92. The fourth-order valence-corrected chi connectivity index (χ4v) is 11.2. The Bertz CT molecular complexity index is 2950. The molecule has 7 N–H and O–H groups in total. The number of aromatic hydroxyl groups is 2. The van der Waals surface area contributed by atoms with Crippen molar-refractivity contribution in [1.29, 1.82) is 0 Å². The number of aliphatic hydroxyl groups excluding tert-OH is 1. The van der Waals surface area contributed by atoms with Crippen molar-refractivity contribution in [3.63, 3.8) is 0 Å². The number of nitrogens with one attached hydrogen (secondary N) is 4. The molecule has 4 aliphatic heterocycles. The summed E-state index contributed by atoms with van der Waals surface area (Å²) >= 11 is 13.3. The van der Waals surface area contributed by atoms with Crippen molar-refractivity contribution in [2.45, 2.75) is 35.0 Å². The van der Waals surface area contributed by atoms with Crippen LogP contribution < -0.4 is 30.7 Å². The Labute approximate surface area is 383 Å². The van der Waals surface area contributed by atoms with E-state index < -0.39 is 70.2 Å². The Kier molecular flexibility index (Phi) is 10.4. The van der Waals surface area contributed by atoms with Gasteiger partial charge < -0.3 is 35.4 Å². The fourth-order valence-electron chi connectivity index (χ4n) is 10.9. The maximum absolute atomic E-state index is 15.8. The molecule has 2 fully saturated rings. The minimum Gasteiger partial charge on any atom is -0.512 e. The summed E-state index contributed by atoms with van der Waals surface area (Å²) in [4.78, 5) is 45.5. The lowest BCUT2D eigenvalue weighted by Gasteiger charge is -2.33. The van der Waals surface area contributed by atoms with E-state index in [0.29, 0.717) is 49.2 Å². The third-order valence-electron chi connectivity index (χ3n) is 13.6. The molecule has 2 amide bonds. The van der Waals surface area contributed by atoms with Gasteiger partial charge in [-0.25, -0.2) is 0 Å². The van der Waals surface area contributed by atoms with Crippen LogP contribution in [0.4, 0.5) is 11.4 Å². The van der Waals surface area contributed by atoms with Crippen molar-refractivity contribution >= 4 is 52.2 Å². The molecule has 4 aliphatic rings. The van der Waals surface area contributed by atoms with Crippen molar-refractivity contribution in [3.8, 4) is 23.0 Å². The van der Waals surface area contributed by atoms with Gasteiger partial charge in [-0.3, -0.25) is 25.0 Å². The van der Waals surface area contributed by atoms with Crippen molar-refractivity contribution < 1.29 is 39.2 Å². The van der Waals surface area contributed by atoms with E-state index in [9.17, 15) is 24.9 Å². The van der Waals surface area contributed by atoms with Crippen LogP contribution in [-0.4, -0.2) is 47.1 Å². The van der Waals surface area contributed by atoms with E-state index in [1.165, 1.54) is 26.4 Å². The Morgan fingerprint density at radius 2 is 1.17 bits per heavy atom. The highest BCUT2D eigenvalue weighted by molar-refractivity contribution is 6.31. The van der Waals surface area contributed by atoms with Gasteiger partial charge in [0.2, 0.25) is 11.8 Å². The zero-order chi connectivity index (χ0) is 45.4. The van der Waals surface area contributed by atoms with Gasteiger partial charge in [0, 0.05) is 62.5 Å². The summed E-state index contributed by atoms with van der Waals surface area (Å²) in [5, 5.41) is 49.0. The number of anilines is 2. The number of ether oxygens (including phenoxy) is 2. The number of ketones is 1. The lowest BCUT2D eigenvalue weighted by molar-refractivity contribution is -0.124. The van der Waals surface area contributed by atoms with Crippen molar-refractivity contribution in [2.75, 3.05) is 24.9 Å². The molecule has 328 valence electrons. The second kappa shape index (κ2) is 16.0. The number of carbonyl (C=O) groups excluding carboxylic acids is 3. The molecular weight excluding hydrogens is 867 g/mol. The molecule has 0 saturated carbocycles. The Balaban J connectivity index is 1.21. The van der Waals surface area contributed by atoms with Crippen molar-refractivity contribution in [2.24, 2.45) is 11.8 Å². The summed E-state index contributed by atoms with van der Waals surface area (Å²) in [7, 11) is 2.85. The molecule has 8 atom stereocenters. The number of fused-ring (bicyclic) bond motifs is 4. The van der Waals surface area contributed by atoms with Crippen LogP contribution in [0.1, 0.15) is 57.3 Å². The number of hydrogen-bond donors (Lipinski definition) is 7. The lowest BCUT2D eigenvalue weighted by atomic mass is 9.68. The first kappa shape index (κ1) is 42.1. The molecule has 65 heavy (non-hydrogen) atoms. The number of benzene rings is 6. The van der Waals surface area contributed by atoms with Gasteiger partial charge in [0.05, 0.1) is 26.1 Å². The molecule has 10 rings (SSSR count). The number of rotatable bonds is 9. The summed E-state index contributed by atoms with van der Waals surface area (Å²) in [5.74, 6) is -6.02. The number of hydrogen-bond acceptors (Lipinski definition) is 10. The normalized spacial score (nSPS) is 26.5. The number of allylic oxidation sites excluding steroid dienone is 1. The number of aliphatic hydroxyl groups is 1. The van der Waals surface area contributed by atoms with E-state index in [-0.39, 0.29) is 23.0 Å². The van der Waals surface area contributed by atoms with Gasteiger partial charge in [-0.1, -0.05) is 96.0 Å². The zero-order valence-electron chi connectivity index (χ0n) is 34.9. The maximum Gasteiger partial charge on any atom is 0.250 e. The first-order chi connectivity index (χ1) is 31.4. The number of amides is 2. The maximum atomic E-state index is 15.8. The van der Waals surface area contributed by atoms with E-state index in [2.05, 4.69) is 21.3 Å². The quantitative estimate of drug-likeness (QED) is 0.0548. The highest BCUT2D eigenvalue weighted by Crippen LogP contribution is 2.61. The molecule has 14 heteroatoms. The van der Waals surface area contributed by atoms with Gasteiger partial charge in [-0.2, -0.15) is 0 Å². The van der Waals surface area contributed by atoms with Gasteiger partial charge in [-0.05, 0) is 82.9 Å². The average Bonchev–Trinajstić information content (AvgIpc) is 4.02. The molecule has 4 heterocycles. The molecule has 6 aromatic carbocycles. The number of carbonyl (C=O) groups is 3. The molecule has 0 aromatic heterocycles. The van der Waals surface area contributed by atoms with E-state index in [0.717, 1.165) is 5.56 Å².